The van der Waals surface area contributed by atoms with E-state index in [1.165, 1.54) is 22.4 Å². The Balaban J connectivity index is 0.000000152. The summed E-state index contributed by atoms with van der Waals surface area (Å²) in [5.74, 6) is -0.0430. The molecule has 0 saturated heterocycles. The Labute approximate surface area is 258 Å². The fourth-order valence-corrected chi connectivity index (χ4v) is 7.57. The molecule has 0 amide bonds. The number of ketones is 1. The van der Waals surface area contributed by atoms with E-state index in [0.29, 0.717) is 16.3 Å². The minimum absolute atomic E-state index is 0.0430. The molecule has 2 aromatic carbocycles. The van der Waals surface area contributed by atoms with Crippen LogP contribution in [0.5, 0.6) is 0 Å². The van der Waals surface area contributed by atoms with Crippen LogP contribution in [0.1, 0.15) is 49.6 Å². The summed E-state index contributed by atoms with van der Waals surface area (Å²) in [6.45, 7) is 0. The SMILES string of the molecule is Clc1cc(Br)c2c(c1)CCc1cc(Br)cnc1C2.O=C1c2ncc(Br)cc2CCc2cc(Cl)cc(Br)c21. The van der Waals surface area contributed by atoms with Crippen LogP contribution in [0.25, 0.3) is 0 Å². The molecule has 4 aromatic rings. The van der Waals surface area contributed by atoms with Crippen molar-refractivity contribution in [2.45, 2.75) is 32.1 Å². The Morgan fingerprint density at radius 2 is 1.22 bits per heavy atom. The number of benzene rings is 2. The molecule has 2 aliphatic rings. The lowest BCUT2D eigenvalue weighted by atomic mass is 10.0. The standard InChI is InChI=1S/C14H8Br2ClNO.C14H10Br2ClN/c15-9-3-8-2-1-7-4-10(17)5-11(16)12(7)14(19)13(8)18-6-9;15-10-3-9-2-1-8-4-11(17)5-13(16)12(8)6-14(9)18-7-10/h3-6H,1-2H2;3-5,7H,1-2,6H2. The maximum atomic E-state index is 12.6. The monoisotopic (exact) mass is 784 g/mol. The maximum absolute atomic E-state index is 12.6. The van der Waals surface area contributed by atoms with E-state index in [0.717, 1.165) is 66.1 Å². The lowest BCUT2D eigenvalue weighted by Crippen LogP contribution is -2.07. The Morgan fingerprint density at radius 3 is 1.97 bits per heavy atom. The van der Waals surface area contributed by atoms with Gasteiger partial charge in [-0.05, 0) is 138 Å². The van der Waals surface area contributed by atoms with Gasteiger partial charge in [-0.25, -0.2) is 0 Å². The van der Waals surface area contributed by atoms with Crippen LogP contribution in [-0.2, 0) is 32.1 Å². The summed E-state index contributed by atoms with van der Waals surface area (Å²) < 4.78 is 3.76. The number of carbonyl (C=O) groups is 1. The van der Waals surface area contributed by atoms with Crippen molar-refractivity contribution in [1.29, 1.82) is 0 Å². The molecule has 2 aliphatic carbocycles. The van der Waals surface area contributed by atoms with Crippen molar-refractivity contribution in [2.75, 3.05) is 0 Å². The lowest BCUT2D eigenvalue weighted by Gasteiger charge is -2.09. The fraction of sp³-hybridized carbons (Fsp3) is 0.179. The summed E-state index contributed by atoms with van der Waals surface area (Å²) in [7, 11) is 0. The first-order valence-electron chi connectivity index (χ1n) is 11.5. The van der Waals surface area contributed by atoms with E-state index in [1.807, 2.05) is 24.4 Å². The number of carbonyl (C=O) groups excluding carboxylic acids is 1. The second-order valence-corrected chi connectivity index (χ2v) is 13.3. The largest absolute Gasteiger partial charge is 0.287 e. The molecule has 0 bridgehead atoms. The van der Waals surface area contributed by atoms with Gasteiger partial charge < -0.3 is 0 Å². The second-order valence-electron chi connectivity index (χ2n) is 8.87. The zero-order valence-electron chi connectivity index (χ0n) is 19.2. The summed E-state index contributed by atoms with van der Waals surface area (Å²) in [6.07, 6.45) is 7.99. The highest BCUT2D eigenvalue weighted by atomic mass is 79.9. The lowest BCUT2D eigenvalue weighted by molar-refractivity contribution is 0.103. The molecule has 6 rings (SSSR count). The Hall–Kier alpha value is -1.09. The smallest absolute Gasteiger partial charge is 0.213 e. The van der Waals surface area contributed by atoms with Crippen LogP contribution in [0.3, 0.4) is 0 Å². The van der Waals surface area contributed by atoms with Gasteiger partial charge in [-0.2, -0.15) is 0 Å². The van der Waals surface area contributed by atoms with Crippen LogP contribution in [0.15, 0.2) is 66.7 Å². The van der Waals surface area contributed by atoms with Crippen LogP contribution >= 0.6 is 86.9 Å². The first kappa shape index (κ1) is 27.5. The van der Waals surface area contributed by atoms with Gasteiger partial charge in [0.2, 0.25) is 5.78 Å². The first-order chi connectivity index (χ1) is 17.7. The quantitative estimate of drug-likeness (QED) is 0.178. The zero-order valence-corrected chi connectivity index (χ0v) is 27.1. The van der Waals surface area contributed by atoms with Crippen LogP contribution < -0.4 is 0 Å². The van der Waals surface area contributed by atoms with Crippen LogP contribution in [0.4, 0.5) is 0 Å². The summed E-state index contributed by atoms with van der Waals surface area (Å²) >= 11 is 26.1. The number of aryl methyl sites for hydroxylation is 4. The molecule has 0 unspecified atom stereocenters. The summed E-state index contributed by atoms with van der Waals surface area (Å²) in [4.78, 5) is 21.4. The minimum Gasteiger partial charge on any atom is -0.287 e. The molecule has 0 aliphatic heterocycles. The third-order valence-electron chi connectivity index (χ3n) is 6.46. The topological polar surface area (TPSA) is 42.9 Å². The summed E-state index contributed by atoms with van der Waals surface area (Å²) in [5.41, 5.74) is 8.28. The molecule has 3 nitrogen and oxygen atoms in total. The van der Waals surface area contributed by atoms with Crippen LogP contribution in [0.2, 0.25) is 10.0 Å². The molecule has 2 heterocycles. The maximum Gasteiger partial charge on any atom is 0.213 e. The number of fused-ring (bicyclic) bond motifs is 4. The van der Waals surface area contributed by atoms with Crippen LogP contribution in [-0.4, -0.2) is 15.8 Å². The number of nitrogens with zero attached hydrogens (tertiary/aromatic N) is 2. The van der Waals surface area contributed by atoms with E-state index in [4.69, 9.17) is 23.2 Å². The average molecular weight is 789 g/mol. The normalized spacial score (nSPS) is 13.7. The molecule has 0 radical (unpaired) electrons. The van der Waals surface area contributed by atoms with Gasteiger partial charge in [0.25, 0.3) is 0 Å². The van der Waals surface area contributed by atoms with Crippen molar-refractivity contribution in [3.8, 4) is 0 Å². The molecule has 0 spiro atoms. The predicted molar refractivity (Wildman–Crippen MR) is 163 cm³/mol. The number of halogens is 6. The van der Waals surface area contributed by atoms with Gasteiger partial charge in [-0.3, -0.25) is 14.8 Å². The van der Waals surface area contributed by atoms with E-state index in [9.17, 15) is 4.79 Å². The summed E-state index contributed by atoms with van der Waals surface area (Å²) in [6, 6.07) is 11.8. The second kappa shape index (κ2) is 11.6. The predicted octanol–water partition coefficient (Wildman–Crippen LogP) is 9.54. The van der Waals surface area contributed by atoms with Gasteiger partial charge in [-0.1, -0.05) is 39.1 Å². The highest BCUT2D eigenvalue weighted by molar-refractivity contribution is 9.11. The zero-order chi connectivity index (χ0) is 26.3. The van der Waals surface area contributed by atoms with Crippen LogP contribution in [0, 0.1) is 0 Å². The van der Waals surface area contributed by atoms with Crippen molar-refractivity contribution in [2.24, 2.45) is 0 Å². The van der Waals surface area contributed by atoms with Crippen molar-refractivity contribution < 1.29 is 4.79 Å². The van der Waals surface area contributed by atoms with E-state index >= 15 is 0 Å². The van der Waals surface area contributed by atoms with Gasteiger partial charge in [-0.15, -0.1) is 0 Å². The minimum atomic E-state index is -0.0430. The number of rotatable bonds is 0. The van der Waals surface area contributed by atoms with Crippen molar-refractivity contribution in [3.05, 3.63) is 121 Å². The molecular formula is C28H18Br4Cl2N2O. The van der Waals surface area contributed by atoms with Gasteiger partial charge in [0.05, 0.1) is 0 Å². The van der Waals surface area contributed by atoms with E-state index < -0.39 is 0 Å². The van der Waals surface area contributed by atoms with E-state index in [-0.39, 0.29) is 5.78 Å². The number of hydrogen-bond acceptors (Lipinski definition) is 3. The molecule has 9 heteroatoms. The molecule has 2 aromatic heterocycles. The highest BCUT2D eigenvalue weighted by Gasteiger charge is 2.25. The Kier molecular flexibility index (Phi) is 8.59. The van der Waals surface area contributed by atoms with Gasteiger partial charge >= 0.3 is 0 Å². The van der Waals surface area contributed by atoms with Gasteiger partial charge in [0, 0.05) is 58.0 Å². The summed E-state index contributed by atoms with van der Waals surface area (Å²) in [5, 5.41) is 1.43. The van der Waals surface area contributed by atoms with E-state index in [1.54, 1.807) is 12.3 Å². The average Bonchev–Trinajstić information content (AvgIpc) is 3.10. The Morgan fingerprint density at radius 1 is 0.649 bits per heavy atom. The fourth-order valence-electron chi connectivity index (χ4n) is 4.74. The molecule has 37 heavy (non-hydrogen) atoms. The molecule has 0 fully saturated rings. The number of hydrogen-bond donors (Lipinski definition) is 0. The van der Waals surface area contributed by atoms with Gasteiger partial charge in [0.1, 0.15) is 5.69 Å². The number of aromatic nitrogens is 2. The van der Waals surface area contributed by atoms with Crippen molar-refractivity contribution in [1.82, 2.24) is 9.97 Å². The van der Waals surface area contributed by atoms with Crippen molar-refractivity contribution >= 4 is 92.7 Å². The number of pyridine rings is 2. The third-order valence-corrected chi connectivity index (χ3v) is 9.10. The third kappa shape index (κ3) is 6.07. The van der Waals surface area contributed by atoms with E-state index in [2.05, 4.69) is 85.8 Å². The molecular weight excluding hydrogens is 771 g/mol. The molecule has 188 valence electrons. The molecule has 0 atom stereocenters. The molecule has 0 N–H and O–H groups in total. The van der Waals surface area contributed by atoms with Crippen molar-refractivity contribution in [3.63, 3.8) is 0 Å². The highest BCUT2D eigenvalue weighted by Crippen LogP contribution is 2.34. The van der Waals surface area contributed by atoms with Gasteiger partial charge in [0.15, 0.2) is 0 Å². The Bertz CT molecular complexity index is 1560. The first-order valence-corrected chi connectivity index (χ1v) is 15.4. The molecule has 0 saturated carbocycles.